The van der Waals surface area contributed by atoms with E-state index in [1.54, 1.807) is 27.2 Å². The van der Waals surface area contributed by atoms with Crippen molar-refractivity contribution >= 4 is 46.0 Å². The van der Waals surface area contributed by atoms with Crippen LogP contribution in [0.3, 0.4) is 0 Å². The second-order valence-corrected chi connectivity index (χ2v) is 12.5. The molecule has 1 aliphatic heterocycles. The Morgan fingerprint density at radius 1 is 0.932 bits per heavy atom. The number of amides is 1. The Bertz CT molecular complexity index is 1940. The van der Waals surface area contributed by atoms with Crippen LogP contribution in [-0.2, 0) is 11.8 Å². The summed E-state index contributed by atoms with van der Waals surface area (Å²) in [4.78, 5) is 29.4. The van der Waals surface area contributed by atoms with Gasteiger partial charge in [-0.05, 0) is 67.4 Å². The molecule has 8 nitrogen and oxygen atoms in total. The molecule has 5 aromatic rings. The fraction of sp³-hybridized carbons (Fsp3) is 0.176. The van der Waals surface area contributed by atoms with Crippen LogP contribution in [0.4, 0.5) is 5.69 Å². The van der Waals surface area contributed by atoms with E-state index in [4.69, 9.17) is 22.1 Å². The van der Waals surface area contributed by atoms with E-state index in [1.165, 1.54) is 16.7 Å². The van der Waals surface area contributed by atoms with Crippen molar-refractivity contribution < 1.29 is 9.53 Å². The summed E-state index contributed by atoms with van der Waals surface area (Å²) in [7, 11) is 1.80. The van der Waals surface area contributed by atoms with Crippen LogP contribution in [0, 0.1) is 12.8 Å². The number of carbonyl (C=O) groups is 1. The fourth-order valence-corrected chi connectivity index (χ4v) is 6.28. The van der Waals surface area contributed by atoms with Crippen LogP contribution in [0.2, 0.25) is 0 Å². The summed E-state index contributed by atoms with van der Waals surface area (Å²) in [5, 5.41) is 4.90. The van der Waals surface area contributed by atoms with E-state index in [1.807, 2.05) is 98.0 Å². The lowest BCUT2D eigenvalue weighted by Gasteiger charge is -2.12. The quantitative estimate of drug-likeness (QED) is 0.141. The summed E-state index contributed by atoms with van der Waals surface area (Å²) < 4.78 is 11.3. The molecule has 0 aliphatic carbocycles. The topological polar surface area (TPSA) is 74.3 Å². The molecule has 222 valence electrons. The van der Waals surface area contributed by atoms with Gasteiger partial charge in [-0.15, -0.1) is 0 Å². The van der Waals surface area contributed by atoms with Gasteiger partial charge < -0.3 is 4.74 Å². The summed E-state index contributed by atoms with van der Waals surface area (Å²) in [6, 6.07) is 26.9. The van der Waals surface area contributed by atoms with E-state index < -0.39 is 0 Å². The highest BCUT2D eigenvalue weighted by Gasteiger charge is 2.38. The first kappa shape index (κ1) is 29.4. The predicted molar refractivity (Wildman–Crippen MR) is 181 cm³/mol. The maximum absolute atomic E-state index is 13.9. The highest BCUT2D eigenvalue weighted by atomic mass is 32.2. The lowest BCUT2D eigenvalue weighted by Crippen LogP contribution is -2.33. The molecule has 10 heteroatoms. The SMILES string of the molecule is Cc1c(N2C(=O)C(=Cc3cn(-c4ccccc4)nc3-c3ccc(OCC(C)C)cc3)SC2=S)c(=O)n(-c2ccccc2)n1C. The molecule has 0 saturated carbocycles. The van der Waals surface area contributed by atoms with Gasteiger partial charge in [-0.25, -0.2) is 9.36 Å². The van der Waals surface area contributed by atoms with Crippen LogP contribution in [-0.4, -0.2) is 36.0 Å². The number of nitrogens with zero attached hydrogens (tertiary/aromatic N) is 5. The normalized spacial score (nSPS) is 14.3. The zero-order valence-electron chi connectivity index (χ0n) is 24.8. The highest BCUT2D eigenvalue weighted by molar-refractivity contribution is 8.27. The first-order valence-corrected chi connectivity index (χ1v) is 15.5. The van der Waals surface area contributed by atoms with Gasteiger partial charge in [-0.1, -0.05) is 74.2 Å². The van der Waals surface area contributed by atoms with E-state index in [2.05, 4.69) is 13.8 Å². The Morgan fingerprint density at radius 3 is 2.20 bits per heavy atom. The number of aromatic nitrogens is 4. The third-order valence-corrected chi connectivity index (χ3v) is 8.60. The summed E-state index contributed by atoms with van der Waals surface area (Å²) >= 11 is 6.86. The maximum Gasteiger partial charge on any atom is 0.296 e. The molecule has 0 N–H and O–H groups in total. The molecule has 1 fully saturated rings. The average Bonchev–Trinajstić information content (AvgIpc) is 3.64. The third-order valence-electron chi connectivity index (χ3n) is 7.30. The Kier molecular flexibility index (Phi) is 8.11. The number of rotatable bonds is 8. The number of hydrogen-bond donors (Lipinski definition) is 0. The summed E-state index contributed by atoms with van der Waals surface area (Å²) in [5.74, 6) is 0.857. The van der Waals surface area contributed by atoms with Crippen LogP contribution >= 0.6 is 24.0 Å². The molecule has 1 aliphatic rings. The van der Waals surface area contributed by atoms with Crippen molar-refractivity contribution in [2.24, 2.45) is 13.0 Å². The summed E-state index contributed by atoms with van der Waals surface area (Å²) in [6.45, 7) is 6.66. The number of thioether (sulfide) groups is 1. The first-order chi connectivity index (χ1) is 21.2. The lowest BCUT2D eigenvalue weighted by molar-refractivity contribution is -0.113. The number of benzene rings is 3. The van der Waals surface area contributed by atoms with Crippen LogP contribution in [0.15, 0.2) is 101 Å². The van der Waals surface area contributed by atoms with Gasteiger partial charge in [0.15, 0.2) is 4.32 Å². The average molecular weight is 622 g/mol. The van der Waals surface area contributed by atoms with Crippen molar-refractivity contribution in [3.63, 3.8) is 0 Å². The van der Waals surface area contributed by atoms with E-state index in [0.717, 1.165) is 22.6 Å². The number of hydrogen-bond acceptors (Lipinski definition) is 6. The zero-order valence-corrected chi connectivity index (χ0v) is 26.4. The van der Waals surface area contributed by atoms with Crippen LogP contribution in [0.1, 0.15) is 25.1 Å². The number of ether oxygens (including phenoxy) is 1. The number of carbonyl (C=O) groups excluding carboxylic acids is 1. The minimum absolute atomic E-state index is 0.249. The van der Waals surface area contributed by atoms with E-state index >= 15 is 0 Å². The highest BCUT2D eigenvalue weighted by Crippen LogP contribution is 2.38. The minimum Gasteiger partial charge on any atom is -0.493 e. The fourth-order valence-electron chi connectivity index (χ4n) is 5.02. The smallest absolute Gasteiger partial charge is 0.296 e. The van der Waals surface area contributed by atoms with Gasteiger partial charge in [0.2, 0.25) is 0 Å². The Labute approximate surface area is 265 Å². The van der Waals surface area contributed by atoms with Gasteiger partial charge in [0.05, 0.1) is 34.3 Å². The van der Waals surface area contributed by atoms with Crippen molar-refractivity contribution in [3.05, 3.63) is 118 Å². The molecule has 0 unspecified atom stereocenters. The Hall–Kier alpha value is -4.67. The molecule has 0 bridgehead atoms. The van der Waals surface area contributed by atoms with E-state index in [0.29, 0.717) is 38.8 Å². The zero-order chi connectivity index (χ0) is 31.0. The van der Waals surface area contributed by atoms with Crippen molar-refractivity contribution in [2.75, 3.05) is 11.5 Å². The van der Waals surface area contributed by atoms with Crippen LogP contribution < -0.4 is 15.2 Å². The van der Waals surface area contributed by atoms with Gasteiger partial charge in [0, 0.05) is 24.4 Å². The summed E-state index contributed by atoms with van der Waals surface area (Å²) in [6.07, 6.45) is 3.70. The lowest BCUT2D eigenvalue weighted by atomic mass is 10.1. The largest absolute Gasteiger partial charge is 0.493 e. The third kappa shape index (κ3) is 5.54. The second-order valence-electron chi connectivity index (χ2n) is 10.9. The Balaban J connectivity index is 1.39. The molecule has 1 saturated heterocycles. The van der Waals surface area contributed by atoms with Gasteiger partial charge in [-0.2, -0.15) is 5.10 Å². The standard InChI is InChI=1S/C34H31N5O3S2/c1-22(2)21-42-28-17-15-24(16-18-28)30-25(20-37(35-30)26-11-7-5-8-12-26)19-29-32(40)38(34(43)44-29)31-23(3)36(4)39(33(31)41)27-13-9-6-10-14-27/h5-20,22H,21H2,1-4H3. The molecule has 0 atom stereocenters. The number of anilines is 1. The first-order valence-electron chi connectivity index (χ1n) is 14.2. The number of thiocarbonyl (C=S) groups is 1. The summed E-state index contributed by atoms with van der Waals surface area (Å²) in [5.41, 5.74) is 4.49. The molecule has 1 amide bonds. The van der Waals surface area contributed by atoms with Crippen LogP contribution in [0.25, 0.3) is 28.7 Å². The second kappa shape index (κ2) is 12.1. The van der Waals surface area contributed by atoms with Gasteiger partial charge in [-0.3, -0.25) is 19.2 Å². The van der Waals surface area contributed by atoms with Crippen LogP contribution in [0.5, 0.6) is 5.75 Å². The van der Waals surface area contributed by atoms with Gasteiger partial charge in [0.25, 0.3) is 11.5 Å². The molecular formula is C34H31N5O3S2. The molecule has 3 aromatic carbocycles. The monoisotopic (exact) mass is 621 g/mol. The van der Waals surface area contributed by atoms with Gasteiger partial charge in [0.1, 0.15) is 11.4 Å². The van der Waals surface area contributed by atoms with Crippen molar-refractivity contribution in [2.45, 2.75) is 20.8 Å². The van der Waals surface area contributed by atoms with Gasteiger partial charge >= 0.3 is 0 Å². The molecular weight excluding hydrogens is 591 g/mol. The number of para-hydroxylation sites is 2. The van der Waals surface area contributed by atoms with E-state index in [9.17, 15) is 9.59 Å². The molecule has 44 heavy (non-hydrogen) atoms. The Morgan fingerprint density at radius 2 is 1.57 bits per heavy atom. The predicted octanol–water partition coefficient (Wildman–Crippen LogP) is 6.78. The molecule has 0 spiro atoms. The van der Waals surface area contributed by atoms with E-state index in [-0.39, 0.29) is 17.2 Å². The molecule has 3 heterocycles. The minimum atomic E-state index is -0.346. The van der Waals surface area contributed by atoms with Crippen molar-refractivity contribution in [1.29, 1.82) is 0 Å². The molecule has 0 radical (unpaired) electrons. The maximum atomic E-state index is 13.9. The molecule has 2 aromatic heterocycles. The van der Waals surface area contributed by atoms with Crippen molar-refractivity contribution in [1.82, 2.24) is 19.1 Å². The molecule has 6 rings (SSSR count). The van der Waals surface area contributed by atoms with Crippen molar-refractivity contribution in [3.8, 4) is 28.4 Å².